The van der Waals surface area contributed by atoms with Gasteiger partial charge in [-0.05, 0) is 101 Å². The first-order valence-electron chi connectivity index (χ1n) is 15.3. The molecular weight excluding hydrogens is 756 g/mol. The number of halogens is 2. The molecule has 0 bridgehead atoms. The summed E-state index contributed by atoms with van der Waals surface area (Å²) >= 11 is 9.27. The summed E-state index contributed by atoms with van der Waals surface area (Å²) < 4.78 is 61.4. The number of hydroxylamine groups is 1. The normalized spacial score (nSPS) is 15.7. The predicted octanol–water partition coefficient (Wildman–Crippen LogP) is 8.01. The van der Waals surface area contributed by atoms with Crippen molar-refractivity contribution in [2.45, 2.75) is 29.9 Å². The number of nitrogens with one attached hydrogen (secondary N) is 1. The van der Waals surface area contributed by atoms with E-state index in [1.165, 1.54) is 44.6 Å². The average molecular weight is 792 g/mol. The van der Waals surface area contributed by atoms with E-state index in [1.807, 2.05) is 12.1 Å². The van der Waals surface area contributed by atoms with Gasteiger partial charge in [0.05, 0.1) is 62.7 Å². The molecule has 1 heterocycles. The molecule has 1 fully saturated rings. The number of hydrogen-bond acceptors (Lipinski definition) is 10. The number of sulfone groups is 1. The molecule has 0 spiro atoms. The maximum absolute atomic E-state index is 13.3. The molecule has 2 unspecified atom stereocenters. The zero-order valence-electron chi connectivity index (χ0n) is 27.6. The number of ether oxygens (including phenoxy) is 6. The second-order valence-corrected chi connectivity index (χ2v) is 14.4. The zero-order chi connectivity index (χ0) is 36.0. The maximum atomic E-state index is 13.3. The van der Waals surface area contributed by atoms with Crippen molar-refractivity contribution in [2.24, 2.45) is 0 Å². The molecule has 266 valence electrons. The van der Waals surface area contributed by atoms with Crippen molar-refractivity contribution in [1.29, 1.82) is 0 Å². The third-order valence-corrected chi connectivity index (χ3v) is 11.0. The Hall–Kier alpha value is -4.21. The van der Waals surface area contributed by atoms with Crippen molar-refractivity contribution in [1.82, 2.24) is 0 Å². The van der Waals surface area contributed by atoms with Crippen molar-refractivity contribution in [3.05, 3.63) is 93.4 Å². The lowest BCUT2D eigenvalue weighted by Gasteiger charge is -2.22. The van der Waals surface area contributed by atoms with Crippen LogP contribution in [0.2, 0.25) is 5.02 Å². The van der Waals surface area contributed by atoms with Crippen LogP contribution in [0.1, 0.15) is 36.2 Å². The molecule has 2 atom stereocenters. The van der Waals surface area contributed by atoms with Crippen LogP contribution in [0.3, 0.4) is 0 Å². The van der Waals surface area contributed by atoms with Crippen LogP contribution in [0.25, 0.3) is 0 Å². The van der Waals surface area contributed by atoms with E-state index in [9.17, 15) is 18.4 Å². The monoisotopic (exact) mass is 790 g/mol. The summed E-state index contributed by atoms with van der Waals surface area (Å²) in [7, 11) is 2.30. The summed E-state index contributed by atoms with van der Waals surface area (Å²) in [5.74, 6) is 1.38. The number of urea groups is 1. The Morgan fingerprint density at radius 3 is 2.00 bits per heavy atom. The summed E-state index contributed by atoms with van der Waals surface area (Å²) in [6.07, 6.45) is 0.502. The van der Waals surface area contributed by atoms with Gasteiger partial charge < -0.3 is 33.7 Å². The first-order chi connectivity index (χ1) is 24.0. The van der Waals surface area contributed by atoms with Crippen LogP contribution in [0, 0.1) is 0 Å². The highest BCUT2D eigenvalue weighted by molar-refractivity contribution is 9.10. The molecule has 50 heavy (non-hydrogen) atoms. The fourth-order valence-electron chi connectivity index (χ4n) is 5.55. The van der Waals surface area contributed by atoms with Crippen LogP contribution < -0.4 is 34.1 Å². The van der Waals surface area contributed by atoms with Gasteiger partial charge in [0, 0.05) is 9.50 Å². The van der Waals surface area contributed by atoms with Crippen LogP contribution in [-0.4, -0.2) is 60.5 Å². The lowest BCUT2D eigenvalue weighted by atomic mass is 10.0. The summed E-state index contributed by atoms with van der Waals surface area (Å²) in [4.78, 5) is 13.4. The molecule has 1 saturated heterocycles. The molecule has 0 aliphatic carbocycles. The third-order valence-electron chi connectivity index (χ3n) is 8.02. The van der Waals surface area contributed by atoms with Gasteiger partial charge in [-0.1, -0.05) is 23.7 Å². The van der Waals surface area contributed by atoms with E-state index in [0.29, 0.717) is 50.2 Å². The molecule has 0 radical (unpaired) electrons. The van der Waals surface area contributed by atoms with Crippen LogP contribution >= 0.6 is 27.5 Å². The molecule has 5 rings (SSSR count). The van der Waals surface area contributed by atoms with Crippen molar-refractivity contribution < 1.29 is 46.8 Å². The molecule has 1 aliphatic heterocycles. The maximum Gasteiger partial charge on any atom is 0.350 e. The Morgan fingerprint density at radius 2 is 1.44 bits per heavy atom. The Labute approximate surface area is 303 Å². The SMILES string of the molecule is COc1cc(C2CCC(c3cc(OC)c(OC)c(OC)c3)O2)cc(NC(=O)N(O)c2ccc(Cl)cc2)c1OCCS(=O)(=O)c1ccccc1Br. The van der Waals surface area contributed by atoms with Gasteiger partial charge in [-0.2, -0.15) is 5.06 Å². The molecule has 0 aromatic heterocycles. The van der Waals surface area contributed by atoms with E-state index in [0.717, 1.165) is 5.56 Å². The number of hydrogen-bond donors (Lipinski definition) is 2. The number of methoxy groups -OCH3 is 4. The summed E-state index contributed by atoms with van der Waals surface area (Å²) in [5.41, 5.74) is 1.75. The molecule has 1 aliphatic rings. The van der Waals surface area contributed by atoms with Crippen molar-refractivity contribution in [3.63, 3.8) is 0 Å². The summed E-state index contributed by atoms with van der Waals surface area (Å²) in [5, 5.41) is 14.2. The van der Waals surface area contributed by atoms with E-state index in [-0.39, 0.29) is 46.2 Å². The van der Waals surface area contributed by atoms with Gasteiger partial charge in [-0.15, -0.1) is 0 Å². The summed E-state index contributed by atoms with van der Waals surface area (Å²) in [6, 6.07) is 18.6. The number of benzene rings is 4. The minimum absolute atomic E-state index is 0.0654. The van der Waals surface area contributed by atoms with E-state index in [4.69, 9.17) is 40.0 Å². The molecule has 4 aromatic carbocycles. The first kappa shape index (κ1) is 37.1. The Bertz CT molecular complexity index is 1920. The minimum atomic E-state index is -3.74. The number of anilines is 2. The van der Waals surface area contributed by atoms with Gasteiger partial charge in [0.25, 0.3) is 0 Å². The van der Waals surface area contributed by atoms with Crippen molar-refractivity contribution >= 4 is 54.8 Å². The first-order valence-corrected chi connectivity index (χ1v) is 18.1. The van der Waals surface area contributed by atoms with Gasteiger partial charge in [0.1, 0.15) is 6.61 Å². The number of carbonyl (C=O) groups is 1. The standard InChI is InChI=1S/C35H36BrClN2O10S/c1-44-29-18-21(27-13-14-28(49-27)22-19-30(45-2)34(47-4)31(20-22)46-3)17-26(38-35(40)39(41)24-11-9-23(37)10-12-24)33(29)48-15-16-50(42,43)32-8-6-5-7-25(32)36/h5-12,17-20,27-28,41H,13-16H2,1-4H3,(H,38,40). The third kappa shape index (κ3) is 8.22. The van der Waals surface area contributed by atoms with Gasteiger partial charge in [-0.3, -0.25) is 5.21 Å². The minimum Gasteiger partial charge on any atom is -0.493 e. The van der Waals surface area contributed by atoms with E-state index in [2.05, 4.69) is 21.2 Å². The highest BCUT2D eigenvalue weighted by atomic mass is 79.9. The zero-order valence-corrected chi connectivity index (χ0v) is 30.8. The lowest BCUT2D eigenvalue weighted by Crippen LogP contribution is -2.32. The molecule has 4 aromatic rings. The molecule has 2 amide bonds. The predicted molar refractivity (Wildman–Crippen MR) is 191 cm³/mol. The molecule has 0 saturated carbocycles. The highest BCUT2D eigenvalue weighted by Crippen LogP contribution is 2.48. The van der Waals surface area contributed by atoms with Crippen molar-refractivity contribution in [2.75, 3.05) is 51.2 Å². The molecular formula is C35H36BrClN2O10S. The van der Waals surface area contributed by atoms with E-state index < -0.39 is 22.0 Å². The number of nitrogens with zero attached hydrogens (tertiary/aromatic N) is 1. The van der Waals surface area contributed by atoms with Gasteiger partial charge in [0.2, 0.25) is 5.75 Å². The Balaban J connectivity index is 1.44. The number of rotatable bonds is 13. The van der Waals surface area contributed by atoms with Gasteiger partial charge >= 0.3 is 6.03 Å². The van der Waals surface area contributed by atoms with Crippen LogP contribution in [-0.2, 0) is 14.6 Å². The molecule has 15 heteroatoms. The fourth-order valence-corrected chi connectivity index (χ4v) is 7.87. The second kappa shape index (κ2) is 16.2. The largest absolute Gasteiger partial charge is 0.493 e. The Morgan fingerprint density at radius 1 is 0.880 bits per heavy atom. The number of amides is 2. The average Bonchev–Trinajstić information content (AvgIpc) is 3.62. The van der Waals surface area contributed by atoms with Crippen LogP contribution in [0.5, 0.6) is 28.7 Å². The second-order valence-electron chi connectivity index (χ2n) is 11.1. The van der Waals surface area contributed by atoms with Crippen LogP contribution in [0.4, 0.5) is 16.2 Å². The van der Waals surface area contributed by atoms with Crippen molar-refractivity contribution in [3.8, 4) is 28.7 Å². The van der Waals surface area contributed by atoms with E-state index >= 15 is 0 Å². The topological polar surface area (TPSA) is 142 Å². The van der Waals surface area contributed by atoms with Gasteiger partial charge in [0.15, 0.2) is 32.8 Å². The fraction of sp³-hybridized carbons (Fsp3) is 0.286. The number of carbonyl (C=O) groups excluding carboxylic acids is 1. The highest BCUT2D eigenvalue weighted by Gasteiger charge is 2.32. The smallest absolute Gasteiger partial charge is 0.350 e. The molecule has 2 N–H and O–H groups in total. The van der Waals surface area contributed by atoms with Crippen LogP contribution in [0.15, 0.2) is 82.2 Å². The van der Waals surface area contributed by atoms with E-state index in [1.54, 1.807) is 44.6 Å². The Kier molecular flexibility index (Phi) is 12.0. The lowest BCUT2D eigenvalue weighted by molar-refractivity contribution is 0.0437. The van der Waals surface area contributed by atoms with Gasteiger partial charge in [-0.25, -0.2) is 13.2 Å². The summed E-state index contributed by atoms with van der Waals surface area (Å²) in [6.45, 7) is -0.272. The molecule has 12 nitrogen and oxygen atoms in total. The quantitative estimate of drug-likeness (QED) is 0.101.